The molecule has 6 nitrogen and oxygen atoms in total. The molecular weight excluding hydrogens is 440 g/mol. The number of carbonyl (C=O) groups is 1. The Kier molecular flexibility index (Phi) is 5.48. The molecule has 0 radical (unpaired) electrons. The largest absolute Gasteiger partial charge is 0.337 e. The molecule has 2 aromatic carbocycles. The number of nitrogens with zero attached hydrogens (tertiary/aromatic N) is 3. The van der Waals surface area contributed by atoms with Gasteiger partial charge in [0, 0.05) is 24.0 Å². The van der Waals surface area contributed by atoms with Crippen LogP contribution in [0.25, 0.3) is 21.3 Å². The fourth-order valence-electron chi connectivity index (χ4n) is 4.05. The maximum atomic E-state index is 13.1. The van der Waals surface area contributed by atoms with Crippen LogP contribution in [-0.4, -0.2) is 32.3 Å². The van der Waals surface area contributed by atoms with Gasteiger partial charge in [0.15, 0.2) is 5.16 Å². The van der Waals surface area contributed by atoms with E-state index in [-0.39, 0.29) is 11.5 Å². The van der Waals surface area contributed by atoms with Crippen LogP contribution in [-0.2, 0) is 17.8 Å². The van der Waals surface area contributed by atoms with Gasteiger partial charge in [-0.2, -0.15) is 0 Å². The van der Waals surface area contributed by atoms with Gasteiger partial charge in [0.2, 0.25) is 5.91 Å². The lowest BCUT2D eigenvalue weighted by molar-refractivity contribution is -0.131. The van der Waals surface area contributed by atoms with Crippen molar-refractivity contribution in [2.24, 2.45) is 0 Å². The number of amides is 1. The zero-order valence-electron chi connectivity index (χ0n) is 17.5. The van der Waals surface area contributed by atoms with Crippen LogP contribution in [0.4, 0.5) is 0 Å². The van der Waals surface area contributed by atoms with Crippen molar-refractivity contribution >= 4 is 39.2 Å². The second-order valence-electron chi connectivity index (χ2n) is 7.80. The van der Waals surface area contributed by atoms with Crippen molar-refractivity contribution in [1.29, 1.82) is 0 Å². The van der Waals surface area contributed by atoms with Gasteiger partial charge in [0.1, 0.15) is 4.83 Å². The summed E-state index contributed by atoms with van der Waals surface area (Å²) in [6.45, 7) is 3.13. The highest BCUT2D eigenvalue weighted by Gasteiger charge is 2.27. The first-order valence-electron chi connectivity index (χ1n) is 10.4. The highest BCUT2D eigenvalue weighted by Crippen LogP contribution is 2.32. The van der Waals surface area contributed by atoms with Crippen molar-refractivity contribution in [1.82, 2.24) is 14.6 Å². The monoisotopic (exact) mass is 462 g/mol. The maximum Gasteiger partial charge on any atom is 0.282 e. The van der Waals surface area contributed by atoms with Crippen LogP contribution in [0.3, 0.4) is 0 Å². The van der Waals surface area contributed by atoms with E-state index in [1.165, 1.54) is 34.2 Å². The Morgan fingerprint density at radius 1 is 1.12 bits per heavy atom. The molecule has 0 saturated carbocycles. The third-order valence-corrected chi connectivity index (χ3v) is 7.69. The smallest absolute Gasteiger partial charge is 0.282 e. The molecule has 0 fully saturated rings. The van der Waals surface area contributed by atoms with Crippen molar-refractivity contribution < 1.29 is 4.79 Å². The van der Waals surface area contributed by atoms with Crippen molar-refractivity contribution in [3.05, 3.63) is 81.5 Å². The van der Waals surface area contributed by atoms with Crippen molar-refractivity contribution in [3.63, 3.8) is 0 Å². The minimum absolute atomic E-state index is 0.0232. The molecule has 1 aliphatic heterocycles. The Morgan fingerprint density at radius 2 is 1.84 bits per heavy atom. The van der Waals surface area contributed by atoms with Gasteiger partial charge in [-0.05, 0) is 30.0 Å². The van der Waals surface area contributed by atoms with E-state index < -0.39 is 5.25 Å². The van der Waals surface area contributed by atoms with Gasteiger partial charge in [-0.1, -0.05) is 66.4 Å². The molecule has 2 N–H and O–H groups in total. The van der Waals surface area contributed by atoms with Gasteiger partial charge in [-0.3, -0.25) is 9.59 Å². The highest BCUT2D eigenvalue weighted by molar-refractivity contribution is 8.00. The number of thioether (sulfide) groups is 1. The summed E-state index contributed by atoms with van der Waals surface area (Å²) in [7, 11) is 0. The van der Waals surface area contributed by atoms with Crippen LogP contribution in [0.2, 0.25) is 0 Å². The number of aromatic nitrogens is 2. The van der Waals surface area contributed by atoms with E-state index in [0.29, 0.717) is 28.5 Å². The fraction of sp³-hybridized carbons (Fsp3) is 0.208. The van der Waals surface area contributed by atoms with Crippen molar-refractivity contribution in [2.45, 2.75) is 30.3 Å². The number of benzene rings is 2. The predicted octanol–water partition coefficient (Wildman–Crippen LogP) is 3.90. The Labute approximate surface area is 193 Å². The summed E-state index contributed by atoms with van der Waals surface area (Å²) < 4.78 is 1.07. The predicted molar refractivity (Wildman–Crippen MR) is 130 cm³/mol. The average Bonchev–Trinajstić information content (AvgIpc) is 3.26. The Morgan fingerprint density at radius 3 is 2.62 bits per heavy atom. The van der Waals surface area contributed by atoms with Gasteiger partial charge in [0.25, 0.3) is 5.56 Å². The van der Waals surface area contributed by atoms with E-state index in [0.717, 1.165) is 22.2 Å². The van der Waals surface area contributed by atoms with Crippen molar-refractivity contribution in [3.8, 4) is 11.1 Å². The second-order valence-corrected chi connectivity index (χ2v) is 9.97. The van der Waals surface area contributed by atoms with Gasteiger partial charge >= 0.3 is 0 Å². The van der Waals surface area contributed by atoms with Gasteiger partial charge in [-0.25, -0.2) is 9.66 Å². The molecule has 1 aliphatic rings. The standard InChI is InChI=1S/C24H22N4O2S2/c1-15(22(29)27-12-11-16-7-5-6-10-18(16)13-27)32-24-26-21-20(23(30)28(24)25)19(14-31-21)17-8-3-2-4-9-17/h2-10,14-15H,11-13,25H2,1H3. The normalized spacial score (nSPS) is 14.3. The van der Waals surface area contributed by atoms with E-state index in [1.807, 2.05) is 59.7 Å². The van der Waals surface area contributed by atoms with Gasteiger partial charge < -0.3 is 10.7 Å². The Bertz CT molecular complexity index is 1360. The molecule has 8 heteroatoms. The number of nitrogen functional groups attached to an aromatic ring is 1. The first-order valence-corrected chi connectivity index (χ1v) is 12.2. The van der Waals surface area contributed by atoms with E-state index in [4.69, 9.17) is 5.84 Å². The lowest BCUT2D eigenvalue weighted by Gasteiger charge is -2.30. The number of hydrogen-bond donors (Lipinski definition) is 1. The van der Waals surface area contributed by atoms with E-state index >= 15 is 0 Å². The first-order chi connectivity index (χ1) is 15.5. The Balaban J connectivity index is 1.40. The summed E-state index contributed by atoms with van der Waals surface area (Å²) in [4.78, 5) is 33.3. The summed E-state index contributed by atoms with van der Waals surface area (Å²) in [6, 6.07) is 17.9. The van der Waals surface area contributed by atoms with Crippen LogP contribution in [0.15, 0.2) is 69.9 Å². The minimum Gasteiger partial charge on any atom is -0.337 e. The molecule has 3 heterocycles. The molecule has 162 valence electrons. The molecule has 2 aromatic heterocycles. The zero-order chi connectivity index (χ0) is 22.2. The summed E-state index contributed by atoms with van der Waals surface area (Å²) in [5.41, 5.74) is 3.96. The van der Waals surface area contributed by atoms with E-state index in [2.05, 4.69) is 17.1 Å². The number of fused-ring (bicyclic) bond motifs is 2. The topological polar surface area (TPSA) is 81.2 Å². The molecule has 0 aliphatic carbocycles. The summed E-state index contributed by atoms with van der Waals surface area (Å²) in [5.74, 6) is 6.17. The van der Waals surface area contributed by atoms with Crippen LogP contribution in [0, 0.1) is 0 Å². The van der Waals surface area contributed by atoms with Crippen LogP contribution >= 0.6 is 23.1 Å². The van der Waals surface area contributed by atoms with E-state index in [9.17, 15) is 9.59 Å². The van der Waals surface area contributed by atoms with Gasteiger partial charge in [0.05, 0.1) is 10.6 Å². The third-order valence-electron chi connectivity index (χ3n) is 5.76. The summed E-state index contributed by atoms with van der Waals surface area (Å²) in [6.07, 6.45) is 0.850. The Hall–Kier alpha value is -3.10. The third kappa shape index (κ3) is 3.69. The molecule has 5 rings (SSSR count). The second kappa shape index (κ2) is 8.44. The summed E-state index contributed by atoms with van der Waals surface area (Å²) in [5, 5.41) is 2.39. The quantitative estimate of drug-likeness (QED) is 0.283. The van der Waals surface area contributed by atoms with Crippen molar-refractivity contribution in [2.75, 3.05) is 12.4 Å². The van der Waals surface area contributed by atoms with Crippen LogP contribution in [0.5, 0.6) is 0 Å². The molecular formula is C24H22N4O2S2. The lowest BCUT2D eigenvalue weighted by atomic mass is 10.00. The molecule has 0 saturated heterocycles. The molecule has 4 aromatic rings. The molecule has 0 bridgehead atoms. The number of thiophene rings is 1. The molecule has 1 atom stereocenters. The number of nitrogens with two attached hydrogens (primary N) is 1. The molecule has 0 spiro atoms. The number of rotatable bonds is 4. The van der Waals surface area contributed by atoms with Gasteiger partial charge in [-0.15, -0.1) is 11.3 Å². The minimum atomic E-state index is -0.409. The summed E-state index contributed by atoms with van der Waals surface area (Å²) >= 11 is 2.64. The SMILES string of the molecule is CC(Sc1nc2scc(-c3ccccc3)c2c(=O)n1N)C(=O)N1CCc2ccccc2C1. The first kappa shape index (κ1) is 20.8. The zero-order valence-corrected chi connectivity index (χ0v) is 19.2. The molecule has 1 amide bonds. The number of carbonyl (C=O) groups excluding carboxylic acids is 1. The van der Waals surface area contributed by atoms with E-state index in [1.54, 1.807) is 0 Å². The lowest BCUT2D eigenvalue weighted by Crippen LogP contribution is -2.40. The average molecular weight is 463 g/mol. The van der Waals surface area contributed by atoms with Crippen LogP contribution in [0.1, 0.15) is 18.1 Å². The molecule has 32 heavy (non-hydrogen) atoms. The molecule has 1 unspecified atom stereocenters. The maximum absolute atomic E-state index is 13.1. The number of hydrogen-bond acceptors (Lipinski definition) is 6. The highest BCUT2D eigenvalue weighted by atomic mass is 32.2. The fourth-order valence-corrected chi connectivity index (χ4v) is 5.95. The van der Waals surface area contributed by atoms with Crippen LogP contribution < -0.4 is 11.4 Å².